The third-order valence-electron chi connectivity index (χ3n) is 5.66. The Morgan fingerprint density at radius 1 is 1.11 bits per heavy atom. The van der Waals surface area contributed by atoms with Crippen LogP contribution in [0.2, 0.25) is 0 Å². The Morgan fingerprint density at radius 2 is 1.94 bits per heavy atom. The molecule has 4 aromatic heterocycles. The molecule has 0 atom stereocenters. The van der Waals surface area contributed by atoms with Crippen LogP contribution in [-0.2, 0) is 13.6 Å². The van der Waals surface area contributed by atoms with Gasteiger partial charge in [-0.2, -0.15) is 0 Å². The minimum Gasteiger partial charge on any atom is -0.497 e. The van der Waals surface area contributed by atoms with Gasteiger partial charge in [0.15, 0.2) is 11.5 Å². The SMILES string of the molecule is COc1ccc(-c2nc(Cn3c(=O)c4cnc(-c5cccs5)nc4n(C)c3=O)c(C)o2)c(OC)c1. The van der Waals surface area contributed by atoms with Crippen LogP contribution in [0.5, 0.6) is 11.5 Å². The number of ether oxygens (including phenoxy) is 2. The third kappa shape index (κ3) is 3.89. The molecule has 4 heterocycles. The number of rotatable bonds is 6. The molecule has 0 fully saturated rings. The fraction of sp³-hybridized carbons (Fsp3) is 0.208. The minimum absolute atomic E-state index is 0.0675. The number of oxazole rings is 1. The zero-order valence-corrected chi connectivity index (χ0v) is 20.3. The second-order valence-corrected chi connectivity index (χ2v) is 8.68. The molecule has 178 valence electrons. The number of hydrogen-bond donors (Lipinski definition) is 0. The van der Waals surface area contributed by atoms with Crippen molar-refractivity contribution in [1.82, 2.24) is 24.1 Å². The Bertz CT molecular complexity index is 1670. The Hall–Kier alpha value is -4.25. The first-order valence-corrected chi connectivity index (χ1v) is 11.5. The van der Waals surface area contributed by atoms with Crippen LogP contribution in [0.4, 0.5) is 0 Å². The highest BCUT2D eigenvalue weighted by Gasteiger charge is 2.20. The number of thiophene rings is 1. The smallest absolute Gasteiger partial charge is 0.332 e. The minimum atomic E-state index is -0.510. The molecule has 35 heavy (non-hydrogen) atoms. The maximum Gasteiger partial charge on any atom is 0.332 e. The lowest BCUT2D eigenvalue weighted by molar-refractivity contribution is 0.394. The molecule has 0 radical (unpaired) electrons. The van der Waals surface area contributed by atoms with Gasteiger partial charge in [-0.3, -0.25) is 13.9 Å². The molecule has 5 aromatic rings. The molecule has 10 nitrogen and oxygen atoms in total. The first-order chi connectivity index (χ1) is 16.9. The van der Waals surface area contributed by atoms with Crippen molar-refractivity contribution in [3.8, 4) is 33.7 Å². The van der Waals surface area contributed by atoms with Crippen molar-refractivity contribution in [1.29, 1.82) is 0 Å². The summed E-state index contributed by atoms with van der Waals surface area (Å²) in [5, 5.41) is 2.15. The highest BCUT2D eigenvalue weighted by Crippen LogP contribution is 2.33. The maximum absolute atomic E-state index is 13.2. The number of fused-ring (bicyclic) bond motifs is 1. The monoisotopic (exact) mass is 491 g/mol. The topological polar surface area (TPSA) is 114 Å². The largest absolute Gasteiger partial charge is 0.497 e. The van der Waals surface area contributed by atoms with Gasteiger partial charge in [0.25, 0.3) is 5.56 Å². The lowest BCUT2D eigenvalue weighted by Crippen LogP contribution is -2.40. The summed E-state index contributed by atoms with van der Waals surface area (Å²) >= 11 is 1.48. The van der Waals surface area contributed by atoms with Gasteiger partial charge in [0.2, 0.25) is 5.89 Å². The number of benzene rings is 1. The Balaban J connectivity index is 1.57. The zero-order chi connectivity index (χ0) is 24.7. The molecule has 0 saturated carbocycles. The molecule has 0 aliphatic rings. The number of methoxy groups -OCH3 is 2. The van der Waals surface area contributed by atoms with Crippen LogP contribution in [-0.4, -0.2) is 38.3 Å². The average molecular weight is 492 g/mol. The third-order valence-corrected chi connectivity index (χ3v) is 6.53. The van der Waals surface area contributed by atoms with E-state index in [0.29, 0.717) is 40.2 Å². The molecule has 0 aliphatic heterocycles. The maximum atomic E-state index is 13.2. The predicted octanol–water partition coefficient (Wildman–Crippen LogP) is 3.25. The van der Waals surface area contributed by atoms with Gasteiger partial charge in [-0.05, 0) is 30.5 Å². The highest BCUT2D eigenvalue weighted by molar-refractivity contribution is 7.13. The quantitative estimate of drug-likeness (QED) is 0.356. The van der Waals surface area contributed by atoms with Crippen molar-refractivity contribution < 1.29 is 13.9 Å². The van der Waals surface area contributed by atoms with Gasteiger partial charge < -0.3 is 13.9 Å². The van der Waals surface area contributed by atoms with E-state index in [0.717, 1.165) is 9.44 Å². The molecular weight excluding hydrogens is 470 g/mol. The van der Waals surface area contributed by atoms with Crippen molar-refractivity contribution in [3.63, 3.8) is 0 Å². The second kappa shape index (κ2) is 8.84. The molecule has 0 bridgehead atoms. The van der Waals surface area contributed by atoms with Gasteiger partial charge in [-0.1, -0.05) is 6.07 Å². The van der Waals surface area contributed by atoms with Crippen molar-refractivity contribution in [3.05, 3.63) is 74.2 Å². The fourth-order valence-electron chi connectivity index (χ4n) is 3.76. The first kappa shape index (κ1) is 22.5. The molecule has 11 heteroatoms. The van der Waals surface area contributed by atoms with Gasteiger partial charge in [-0.25, -0.2) is 19.7 Å². The van der Waals surface area contributed by atoms with Crippen molar-refractivity contribution in [2.24, 2.45) is 7.05 Å². The number of hydrogen-bond acceptors (Lipinski definition) is 9. The van der Waals surface area contributed by atoms with Crippen LogP contribution in [0.15, 0.2) is 55.9 Å². The summed E-state index contributed by atoms with van der Waals surface area (Å²) in [6, 6.07) is 9.04. The zero-order valence-electron chi connectivity index (χ0n) is 19.4. The predicted molar refractivity (Wildman–Crippen MR) is 131 cm³/mol. The normalized spacial score (nSPS) is 11.2. The standard InChI is InChI=1S/C24H21N5O5S/c1-13-17(26-22(34-13)15-8-7-14(32-3)10-18(15)33-4)12-29-23(30)16-11-25-20(19-6-5-9-35-19)27-21(16)28(2)24(29)31/h5-11H,12H2,1-4H3. The summed E-state index contributed by atoms with van der Waals surface area (Å²) in [5.41, 5.74) is 0.342. The number of aromatic nitrogens is 5. The van der Waals surface area contributed by atoms with Gasteiger partial charge in [0.1, 0.15) is 28.3 Å². The van der Waals surface area contributed by atoms with E-state index in [1.54, 1.807) is 46.4 Å². The van der Waals surface area contributed by atoms with Crippen LogP contribution in [0.1, 0.15) is 11.5 Å². The van der Waals surface area contributed by atoms with Crippen molar-refractivity contribution in [2.75, 3.05) is 14.2 Å². The molecular formula is C24H21N5O5S. The van der Waals surface area contributed by atoms with E-state index in [1.807, 2.05) is 17.5 Å². The van der Waals surface area contributed by atoms with Crippen molar-refractivity contribution >= 4 is 22.4 Å². The Labute approximate surface area is 203 Å². The molecule has 0 unspecified atom stereocenters. The summed E-state index contributed by atoms with van der Waals surface area (Å²) in [7, 11) is 4.69. The van der Waals surface area contributed by atoms with Crippen LogP contribution < -0.4 is 20.7 Å². The van der Waals surface area contributed by atoms with E-state index >= 15 is 0 Å². The van der Waals surface area contributed by atoms with Gasteiger partial charge in [0.05, 0.1) is 31.2 Å². The van der Waals surface area contributed by atoms with E-state index in [2.05, 4.69) is 15.0 Å². The molecule has 0 aliphatic carbocycles. The molecule has 1 aromatic carbocycles. The van der Waals surface area contributed by atoms with E-state index < -0.39 is 11.2 Å². The first-order valence-electron chi connectivity index (χ1n) is 10.6. The van der Waals surface area contributed by atoms with Gasteiger partial charge in [-0.15, -0.1) is 11.3 Å². The average Bonchev–Trinajstić information content (AvgIpc) is 3.54. The summed E-state index contributed by atoms with van der Waals surface area (Å²) in [6.07, 6.45) is 1.46. The van der Waals surface area contributed by atoms with Gasteiger partial charge in [0, 0.05) is 19.3 Å². The van der Waals surface area contributed by atoms with Crippen LogP contribution in [0, 0.1) is 6.92 Å². The Morgan fingerprint density at radius 3 is 2.66 bits per heavy atom. The van der Waals surface area contributed by atoms with Crippen molar-refractivity contribution in [2.45, 2.75) is 13.5 Å². The summed E-state index contributed by atoms with van der Waals surface area (Å²) in [4.78, 5) is 40.6. The summed E-state index contributed by atoms with van der Waals surface area (Å²) in [5.74, 6) is 2.41. The molecule has 0 amide bonds. The molecule has 0 saturated heterocycles. The van der Waals surface area contributed by atoms with Crippen LogP contribution >= 0.6 is 11.3 Å². The molecule has 5 rings (SSSR count). The number of aryl methyl sites for hydroxylation is 2. The lowest BCUT2D eigenvalue weighted by Gasteiger charge is -2.10. The van der Waals surface area contributed by atoms with Crippen LogP contribution in [0.25, 0.3) is 33.2 Å². The highest BCUT2D eigenvalue weighted by atomic mass is 32.1. The number of nitrogens with zero attached hydrogens (tertiary/aromatic N) is 5. The van der Waals surface area contributed by atoms with E-state index in [1.165, 1.54) is 22.1 Å². The van der Waals surface area contributed by atoms with E-state index in [4.69, 9.17) is 13.9 Å². The lowest BCUT2D eigenvalue weighted by atomic mass is 10.2. The molecule has 0 N–H and O–H groups in total. The summed E-state index contributed by atoms with van der Waals surface area (Å²) in [6.45, 7) is 1.66. The fourth-order valence-corrected chi connectivity index (χ4v) is 4.43. The summed E-state index contributed by atoms with van der Waals surface area (Å²) < 4.78 is 19.0. The Kier molecular flexibility index (Phi) is 5.69. The molecule has 0 spiro atoms. The second-order valence-electron chi connectivity index (χ2n) is 7.73. The van der Waals surface area contributed by atoms with Gasteiger partial charge >= 0.3 is 5.69 Å². The van der Waals surface area contributed by atoms with E-state index in [9.17, 15) is 9.59 Å². The van der Waals surface area contributed by atoms with Crippen LogP contribution in [0.3, 0.4) is 0 Å². The van der Waals surface area contributed by atoms with E-state index in [-0.39, 0.29) is 17.6 Å².